The summed E-state index contributed by atoms with van der Waals surface area (Å²) in [4.78, 5) is 13.5. The molecule has 5 aromatic rings. The van der Waals surface area contributed by atoms with Crippen LogP contribution in [-0.2, 0) is 17.1 Å². The van der Waals surface area contributed by atoms with E-state index in [1.54, 1.807) is 6.20 Å². The molecular weight excluding hydrogens is 786 g/mol. The predicted octanol–water partition coefficient (Wildman–Crippen LogP) is 17.2. The summed E-state index contributed by atoms with van der Waals surface area (Å²) in [5.74, 6) is 0.942. The van der Waals surface area contributed by atoms with Crippen molar-refractivity contribution in [3.05, 3.63) is 132 Å². The van der Waals surface area contributed by atoms with E-state index in [0.29, 0.717) is 0 Å². The maximum Gasteiger partial charge on any atom is 0.135 e. The van der Waals surface area contributed by atoms with Crippen molar-refractivity contribution in [2.75, 3.05) is 6.61 Å². The van der Waals surface area contributed by atoms with Gasteiger partial charge in [0.2, 0.25) is 0 Å². The molecule has 4 aromatic carbocycles. The molecule has 61 heavy (non-hydrogen) atoms. The third kappa shape index (κ3) is 19.1. The molecule has 0 aliphatic rings. The third-order valence-corrected chi connectivity index (χ3v) is 11.2. The summed E-state index contributed by atoms with van der Waals surface area (Å²) in [5, 5.41) is 0. The van der Waals surface area contributed by atoms with Crippen LogP contribution in [0.15, 0.2) is 119 Å². The van der Waals surface area contributed by atoms with E-state index in [4.69, 9.17) is 9.73 Å². The van der Waals surface area contributed by atoms with Gasteiger partial charge in [0.15, 0.2) is 0 Å². The molecular formula is C56H74FeN3O-. The minimum absolute atomic E-state index is 0. The van der Waals surface area contributed by atoms with E-state index in [1.807, 2.05) is 26.1 Å². The van der Waals surface area contributed by atoms with Crippen LogP contribution in [0.5, 0.6) is 5.75 Å². The second kappa shape index (κ2) is 30.7. The average molecular weight is 861 g/mol. The molecule has 0 radical (unpaired) electrons. The molecule has 4 nitrogen and oxygen atoms in total. The van der Waals surface area contributed by atoms with Crippen molar-refractivity contribution < 1.29 is 21.8 Å². The number of rotatable bonds is 25. The molecule has 0 aliphatic carbocycles. The van der Waals surface area contributed by atoms with Gasteiger partial charge in [-0.3, -0.25) is 9.98 Å². The van der Waals surface area contributed by atoms with Gasteiger partial charge in [-0.25, -0.2) is 0 Å². The van der Waals surface area contributed by atoms with Crippen molar-refractivity contribution in [2.45, 2.75) is 157 Å². The fourth-order valence-corrected chi connectivity index (χ4v) is 7.97. The van der Waals surface area contributed by atoms with Gasteiger partial charge in [0.05, 0.1) is 12.3 Å². The van der Waals surface area contributed by atoms with Crippen LogP contribution in [-0.4, -0.2) is 23.5 Å². The molecule has 0 amide bonds. The number of benzene rings is 4. The first-order chi connectivity index (χ1) is 29.4. The molecule has 328 valence electrons. The second-order valence-electron chi connectivity index (χ2n) is 16.5. The SMILES string of the molecule is CCCCCCCCCCCCCCCCCCCCOc1c(-c2ccccc2)cc(N=C(C)c2cccnc2)cc1-c1ccccc1.C[C-]=Nc1c(C)cc(C)cc1C.[Fe]. The predicted molar refractivity (Wildman–Crippen MR) is 261 cm³/mol. The maximum absolute atomic E-state index is 6.69. The van der Waals surface area contributed by atoms with Crippen molar-refractivity contribution >= 4 is 23.3 Å². The summed E-state index contributed by atoms with van der Waals surface area (Å²) in [7, 11) is 0. The maximum atomic E-state index is 6.69. The number of unbranched alkanes of at least 4 members (excludes halogenated alkanes) is 17. The van der Waals surface area contributed by atoms with E-state index in [9.17, 15) is 0 Å². The van der Waals surface area contributed by atoms with Crippen LogP contribution < -0.4 is 4.74 Å². The van der Waals surface area contributed by atoms with E-state index in [2.05, 4.69) is 135 Å². The first-order valence-corrected chi connectivity index (χ1v) is 23.2. The number of ether oxygens (including phenoxy) is 1. The molecule has 5 heteroatoms. The van der Waals surface area contributed by atoms with E-state index < -0.39 is 0 Å². The van der Waals surface area contributed by atoms with Crippen molar-refractivity contribution in [1.29, 1.82) is 0 Å². The van der Waals surface area contributed by atoms with Crippen molar-refractivity contribution in [3.8, 4) is 28.0 Å². The zero-order chi connectivity index (χ0) is 42.6. The Hall–Kier alpha value is -4.31. The Labute approximate surface area is 381 Å². The van der Waals surface area contributed by atoms with Crippen molar-refractivity contribution in [1.82, 2.24) is 4.98 Å². The van der Waals surface area contributed by atoms with E-state index in [-0.39, 0.29) is 17.1 Å². The van der Waals surface area contributed by atoms with Crippen LogP contribution in [0.1, 0.15) is 159 Å². The van der Waals surface area contributed by atoms with Crippen LogP contribution in [0.4, 0.5) is 11.4 Å². The first kappa shape index (κ1) is 51.0. The Kier molecular flexibility index (Phi) is 25.7. The molecule has 0 spiro atoms. The van der Waals surface area contributed by atoms with Crippen molar-refractivity contribution in [2.24, 2.45) is 9.98 Å². The van der Waals surface area contributed by atoms with Gasteiger partial charge in [0.25, 0.3) is 0 Å². The largest absolute Gasteiger partial charge is 0.492 e. The topological polar surface area (TPSA) is 46.8 Å². The summed E-state index contributed by atoms with van der Waals surface area (Å²) in [6, 6.07) is 33.8. The quantitative estimate of drug-likeness (QED) is 0.0254. The molecule has 0 bridgehead atoms. The monoisotopic (exact) mass is 861 g/mol. The van der Waals surface area contributed by atoms with Crippen LogP contribution in [0.3, 0.4) is 0 Å². The molecule has 0 atom stereocenters. The number of pyridine rings is 1. The Balaban J connectivity index is 0.000000656. The van der Waals surface area contributed by atoms with Crippen LogP contribution >= 0.6 is 0 Å². The molecule has 1 heterocycles. The third-order valence-electron chi connectivity index (χ3n) is 11.2. The molecule has 1 aromatic heterocycles. The zero-order valence-corrected chi connectivity index (χ0v) is 39.5. The number of aliphatic imine (C=N–C) groups is 2. The minimum Gasteiger partial charge on any atom is -0.492 e. The fraction of sp³-hybridized carbons (Fsp3) is 0.446. The van der Waals surface area contributed by atoms with E-state index in [0.717, 1.165) is 63.7 Å². The summed E-state index contributed by atoms with van der Waals surface area (Å²) in [6.45, 7) is 13.1. The van der Waals surface area contributed by atoms with Gasteiger partial charge >= 0.3 is 0 Å². The van der Waals surface area contributed by atoms with Gasteiger partial charge in [-0.2, -0.15) is 6.21 Å². The van der Waals surface area contributed by atoms with Gasteiger partial charge in [0, 0.05) is 51.9 Å². The number of hydrogen-bond donors (Lipinski definition) is 0. The molecule has 0 aliphatic heterocycles. The molecule has 0 N–H and O–H groups in total. The number of hydrogen-bond acceptors (Lipinski definition) is 4. The van der Waals surface area contributed by atoms with Gasteiger partial charge in [0.1, 0.15) is 5.75 Å². The summed E-state index contributed by atoms with van der Waals surface area (Å²) in [6.07, 6.45) is 31.3. The number of aryl methyl sites for hydroxylation is 3. The first-order valence-electron chi connectivity index (χ1n) is 23.2. The summed E-state index contributed by atoms with van der Waals surface area (Å²) >= 11 is 0. The standard InChI is InChI=1S/C45H60N2O.C11H14N.Fe/c1-3-4-5-6-7-8-9-10-11-12-13-14-15-16-17-18-19-26-34-48-45-43(39-28-22-20-23-29-39)35-42(36-44(45)40-30-24-21-25-31-40)47-38(2)41-32-27-33-46-37-41;1-5-12-11-9(3)6-8(2)7-10(11)4;/h20-25,27-33,35-37H,3-19,26,34H2,1-2H3;6-7H,1-4H3;/q;-1;. The number of nitrogens with zero attached hydrogens (tertiary/aromatic N) is 3. The minimum atomic E-state index is 0. The molecule has 0 saturated carbocycles. The summed E-state index contributed by atoms with van der Waals surface area (Å²) in [5.41, 5.74) is 12.1. The molecule has 0 fully saturated rings. The van der Waals surface area contributed by atoms with Crippen molar-refractivity contribution in [3.63, 3.8) is 0 Å². The Morgan fingerprint density at radius 1 is 0.590 bits per heavy atom. The fourth-order valence-electron chi connectivity index (χ4n) is 7.97. The van der Waals surface area contributed by atoms with Gasteiger partial charge in [-0.05, 0) is 49.6 Å². The second-order valence-corrected chi connectivity index (χ2v) is 16.5. The molecule has 5 rings (SSSR count). The van der Waals surface area contributed by atoms with Crippen LogP contribution in [0.25, 0.3) is 22.3 Å². The Morgan fingerprint density at radius 2 is 1.05 bits per heavy atom. The average Bonchev–Trinajstić information content (AvgIpc) is 3.27. The van der Waals surface area contributed by atoms with E-state index >= 15 is 0 Å². The zero-order valence-electron chi connectivity index (χ0n) is 38.4. The van der Waals surface area contributed by atoms with E-state index in [1.165, 1.54) is 126 Å². The van der Waals surface area contributed by atoms with Gasteiger partial charge in [-0.1, -0.05) is 220 Å². The van der Waals surface area contributed by atoms with Gasteiger partial charge < -0.3 is 9.73 Å². The summed E-state index contributed by atoms with van der Waals surface area (Å²) < 4.78 is 6.69. The Bertz CT molecular complexity index is 1890. The molecule has 0 unspecified atom stereocenters. The normalized spacial score (nSPS) is 11.3. The number of aromatic nitrogens is 1. The smallest absolute Gasteiger partial charge is 0.135 e. The van der Waals surface area contributed by atoms with Crippen LogP contribution in [0, 0.1) is 20.8 Å². The Morgan fingerprint density at radius 3 is 1.48 bits per heavy atom. The van der Waals surface area contributed by atoms with Crippen LogP contribution in [0.2, 0.25) is 0 Å². The molecule has 0 saturated heterocycles. The van der Waals surface area contributed by atoms with Gasteiger partial charge in [-0.15, -0.1) is 18.1 Å².